The zero-order chi connectivity index (χ0) is 28.5. The van der Waals surface area contributed by atoms with Gasteiger partial charge < -0.3 is 45.0 Å². The summed E-state index contributed by atoms with van der Waals surface area (Å²) >= 11 is 0. The van der Waals surface area contributed by atoms with E-state index in [1.54, 1.807) is 13.8 Å². The van der Waals surface area contributed by atoms with Crippen molar-refractivity contribution < 1.29 is 49.7 Å². The molecule has 3 aliphatic rings. The molecule has 0 saturated carbocycles. The molecule has 2 aromatic rings. The van der Waals surface area contributed by atoms with Gasteiger partial charge in [-0.3, -0.25) is 9.59 Å². The Morgan fingerprint density at radius 1 is 1.05 bits per heavy atom. The fraction of sp³-hybridized carbons (Fsp3) is 0.500. The van der Waals surface area contributed by atoms with Crippen LogP contribution in [0, 0.1) is 0 Å². The molecule has 1 saturated heterocycles. The van der Waals surface area contributed by atoms with E-state index in [0.717, 1.165) is 12.1 Å². The first kappa shape index (κ1) is 27.5. The molecule has 7 atom stereocenters. The Hall–Kier alpha value is -3.06. The summed E-state index contributed by atoms with van der Waals surface area (Å²) in [7, 11) is 3.62. The summed E-state index contributed by atoms with van der Waals surface area (Å²) in [6.07, 6.45) is -4.76. The molecule has 2 aromatic carbocycles. The third kappa shape index (κ3) is 4.12. The number of phenolic OH excluding ortho intramolecular Hbond substituents is 3. The zero-order valence-corrected chi connectivity index (χ0v) is 22.1. The molecule has 1 heterocycles. The highest BCUT2D eigenvalue weighted by molar-refractivity contribution is 6.31. The lowest BCUT2D eigenvalue weighted by atomic mass is 9.71. The Bertz CT molecular complexity index is 1360. The normalized spacial score (nSPS) is 32.1. The molecule has 0 bridgehead atoms. The highest BCUT2D eigenvalue weighted by atomic mass is 16.7. The standard InChI is InChI=1S/C28H33NO10/c1-5-28(37)10-17(32)12-8-13-19(26(36)22-16(31)7-6-15(30)21(22)24(13)34)25(35)20(12)27(28)39-18-9-14(29(3)4)23(33)11(2)38-18/h6-8,11,14,17-18,23,27,30-33,35,37H,5,9-10H2,1-4H3/t11-,14-,17-,18-,23+,27+,28+/m0/s1. The summed E-state index contributed by atoms with van der Waals surface area (Å²) in [4.78, 5) is 28.7. The molecule has 0 unspecified atom stereocenters. The molecular formula is C28H33NO10. The van der Waals surface area contributed by atoms with Crippen molar-refractivity contribution in [2.45, 2.75) is 75.5 Å². The monoisotopic (exact) mass is 543 g/mol. The lowest BCUT2D eigenvalue weighted by Gasteiger charge is -2.47. The van der Waals surface area contributed by atoms with Gasteiger partial charge in [0.15, 0.2) is 12.1 Å². The van der Waals surface area contributed by atoms with E-state index in [9.17, 15) is 40.2 Å². The number of ether oxygens (including phenoxy) is 2. The SMILES string of the molecule is CC[C@@]1(O)C[C@H](O)c2cc3c(c(O)c2[C@H]1O[C@H]1C[C@H](N(C)C)[C@H](O)[C@H](C)O1)C(=O)c1c(O)ccc(O)c1C3=O. The van der Waals surface area contributed by atoms with Crippen molar-refractivity contribution in [3.05, 3.63) is 51.6 Å². The average Bonchev–Trinajstić information content (AvgIpc) is 2.87. The number of hydrogen-bond donors (Lipinski definition) is 6. The van der Waals surface area contributed by atoms with Gasteiger partial charge in [-0.15, -0.1) is 0 Å². The number of benzene rings is 2. The number of likely N-dealkylation sites (N-methyl/N-ethyl adjacent to an activating group) is 1. The van der Waals surface area contributed by atoms with Gasteiger partial charge >= 0.3 is 0 Å². The van der Waals surface area contributed by atoms with E-state index in [2.05, 4.69) is 0 Å². The molecule has 1 aliphatic heterocycles. The lowest BCUT2D eigenvalue weighted by molar-refractivity contribution is -0.279. The summed E-state index contributed by atoms with van der Waals surface area (Å²) in [5.41, 5.74) is -3.18. The van der Waals surface area contributed by atoms with Crippen LogP contribution in [-0.4, -0.2) is 91.3 Å². The van der Waals surface area contributed by atoms with Crippen molar-refractivity contribution in [2.24, 2.45) is 0 Å². The smallest absolute Gasteiger partial charge is 0.202 e. The van der Waals surface area contributed by atoms with Crippen LogP contribution in [0.4, 0.5) is 0 Å². The van der Waals surface area contributed by atoms with E-state index in [4.69, 9.17) is 9.47 Å². The number of hydrogen-bond acceptors (Lipinski definition) is 11. The molecule has 5 rings (SSSR count). The van der Waals surface area contributed by atoms with Gasteiger partial charge in [0.1, 0.15) is 23.4 Å². The van der Waals surface area contributed by atoms with Gasteiger partial charge in [-0.05, 0) is 51.2 Å². The average molecular weight is 544 g/mol. The van der Waals surface area contributed by atoms with E-state index >= 15 is 0 Å². The van der Waals surface area contributed by atoms with E-state index in [0.29, 0.717) is 0 Å². The van der Waals surface area contributed by atoms with Gasteiger partial charge in [0.25, 0.3) is 0 Å². The van der Waals surface area contributed by atoms with Crippen molar-refractivity contribution >= 4 is 11.6 Å². The number of aromatic hydroxyl groups is 3. The Morgan fingerprint density at radius 3 is 2.26 bits per heavy atom. The van der Waals surface area contributed by atoms with Gasteiger partial charge in [0, 0.05) is 30.0 Å². The van der Waals surface area contributed by atoms with Crippen LogP contribution < -0.4 is 0 Å². The number of nitrogens with zero attached hydrogens (tertiary/aromatic N) is 1. The Labute approximate surface area is 224 Å². The number of rotatable bonds is 4. The molecule has 39 heavy (non-hydrogen) atoms. The Kier molecular flexibility index (Phi) is 6.73. The molecule has 210 valence electrons. The van der Waals surface area contributed by atoms with Crippen LogP contribution in [0.1, 0.15) is 88.3 Å². The maximum atomic E-state index is 13.5. The topological polar surface area (TPSA) is 177 Å². The molecule has 11 heteroatoms. The minimum Gasteiger partial charge on any atom is -0.507 e. The van der Waals surface area contributed by atoms with Crippen LogP contribution in [-0.2, 0) is 9.47 Å². The van der Waals surface area contributed by atoms with Crippen molar-refractivity contribution in [2.75, 3.05) is 14.1 Å². The van der Waals surface area contributed by atoms with Gasteiger partial charge in [0.2, 0.25) is 5.78 Å². The van der Waals surface area contributed by atoms with Crippen molar-refractivity contribution in [1.82, 2.24) is 4.90 Å². The fourth-order valence-electron chi connectivity index (χ4n) is 6.09. The minimum atomic E-state index is -1.69. The minimum absolute atomic E-state index is 0.0649. The second kappa shape index (κ2) is 9.54. The second-order valence-corrected chi connectivity index (χ2v) is 10.9. The number of carbonyl (C=O) groups excluding carboxylic acids is 2. The summed E-state index contributed by atoms with van der Waals surface area (Å²) in [5, 5.41) is 65.4. The van der Waals surface area contributed by atoms with Crippen LogP contribution in [0.15, 0.2) is 18.2 Å². The van der Waals surface area contributed by atoms with Crippen LogP contribution in [0.3, 0.4) is 0 Å². The van der Waals surface area contributed by atoms with E-state index in [1.807, 2.05) is 19.0 Å². The maximum Gasteiger partial charge on any atom is 0.202 e. The molecule has 2 aliphatic carbocycles. The number of fused-ring (bicyclic) bond motifs is 3. The lowest BCUT2D eigenvalue weighted by Crippen LogP contribution is -2.54. The molecular weight excluding hydrogens is 510 g/mol. The molecule has 1 fully saturated rings. The fourth-order valence-corrected chi connectivity index (χ4v) is 6.09. The predicted octanol–water partition coefficient (Wildman–Crippen LogP) is 1.64. The first-order valence-electron chi connectivity index (χ1n) is 12.9. The predicted molar refractivity (Wildman–Crippen MR) is 136 cm³/mol. The van der Waals surface area contributed by atoms with Gasteiger partial charge in [-0.25, -0.2) is 0 Å². The number of phenols is 3. The van der Waals surface area contributed by atoms with Gasteiger partial charge in [-0.2, -0.15) is 0 Å². The Morgan fingerprint density at radius 2 is 1.67 bits per heavy atom. The van der Waals surface area contributed by atoms with E-state index in [1.165, 1.54) is 6.07 Å². The quantitative estimate of drug-likeness (QED) is 0.264. The first-order chi connectivity index (χ1) is 18.3. The highest BCUT2D eigenvalue weighted by Crippen LogP contribution is 2.53. The number of carbonyl (C=O) groups is 2. The first-order valence-corrected chi connectivity index (χ1v) is 12.9. The molecule has 0 aromatic heterocycles. The van der Waals surface area contributed by atoms with Crippen LogP contribution in [0.25, 0.3) is 0 Å². The zero-order valence-electron chi connectivity index (χ0n) is 22.1. The maximum absolute atomic E-state index is 13.5. The van der Waals surface area contributed by atoms with Crippen LogP contribution in [0.2, 0.25) is 0 Å². The van der Waals surface area contributed by atoms with Gasteiger partial charge in [0.05, 0.1) is 40.6 Å². The molecule has 0 spiro atoms. The molecule has 11 nitrogen and oxygen atoms in total. The second-order valence-electron chi connectivity index (χ2n) is 10.9. The van der Waals surface area contributed by atoms with Crippen molar-refractivity contribution in [1.29, 1.82) is 0 Å². The summed E-state index contributed by atoms with van der Waals surface area (Å²) in [6, 6.07) is 3.10. The molecule has 0 radical (unpaired) electrons. The largest absolute Gasteiger partial charge is 0.507 e. The summed E-state index contributed by atoms with van der Waals surface area (Å²) in [6.45, 7) is 3.38. The van der Waals surface area contributed by atoms with Crippen LogP contribution >= 0.6 is 0 Å². The third-order valence-electron chi connectivity index (χ3n) is 8.35. The van der Waals surface area contributed by atoms with E-state index < -0.39 is 81.8 Å². The van der Waals surface area contributed by atoms with Crippen molar-refractivity contribution in [3.63, 3.8) is 0 Å². The summed E-state index contributed by atoms with van der Waals surface area (Å²) in [5.74, 6) is -3.42. The number of ketones is 2. The highest BCUT2D eigenvalue weighted by Gasteiger charge is 2.51. The summed E-state index contributed by atoms with van der Waals surface area (Å²) < 4.78 is 12.2. The van der Waals surface area contributed by atoms with Gasteiger partial charge in [-0.1, -0.05) is 6.92 Å². The van der Waals surface area contributed by atoms with Crippen LogP contribution in [0.5, 0.6) is 17.2 Å². The van der Waals surface area contributed by atoms with E-state index in [-0.39, 0.29) is 42.0 Å². The number of aliphatic hydroxyl groups excluding tert-OH is 2. The molecule has 6 N–H and O–H groups in total. The van der Waals surface area contributed by atoms with Crippen molar-refractivity contribution in [3.8, 4) is 17.2 Å². The Balaban J connectivity index is 1.66. The number of aliphatic hydroxyl groups is 3. The molecule has 0 amide bonds. The third-order valence-corrected chi connectivity index (χ3v) is 8.35.